The number of anilines is 1. The third-order valence-corrected chi connectivity index (χ3v) is 6.45. The highest BCUT2D eigenvalue weighted by Gasteiger charge is 2.14. The number of hydrogen-bond donors (Lipinski definition) is 1. The molecule has 1 aromatic heterocycles. The maximum atomic E-state index is 13.0. The summed E-state index contributed by atoms with van der Waals surface area (Å²) in [4.78, 5) is 12.4. The molecule has 1 N–H and O–H groups in total. The molecular weight excluding hydrogens is 435 g/mol. The minimum atomic E-state index is -0.231. The summed E-state index contributed by atoms with van der Waals surface area (Å²) in [7, 11) is 1.58. The smallest absolute Gasteiger partial charge is 0.234 e. The van der Waals surface area contributed by atoms with Gasteiger partial charge in [-0.1, -0.05) is 30.0 Å². The number of benzene rings is 2. The highest BCUT2D eigenvalue weighted by molar-refractivity contribution is 7.99. The number of carbonyl (C=O) groups excluding carboxylic acids is 1. The molecule has 0 saturated carbocycles. The van der Waals surface area contributed by atoms with Crippen LogP contribution >= 0.6 is 23.5 Å². The number of amides is 1. The van der Waals surface area contributed by atoms with Crippen LogP contribution in [0.15, 0.2) is 47.6 Å². The van der Waals surface area contributed by atoms with Crippen LogP contribution in [0, 0.1) is 12.7 Å². The number of hydrogen-bond acceptors (Lipinski definition) is 6. The lowest BCUT2D eigenvalue weighted by Gasteiger charge is -2.11. The second kappa shape index (κ2) is 11.2. The molecule has 0 aliphatic heterocycles. The Morgan fingerprint density at radius 2 is 1.94 bits per heavy atom. The summed E-state index contributed by atoms with van der Waals surface area (Å²) in [5.41, 5.74) is 2.76. The Hall–Kier alpha value is -2.52. The van der Waals surface area contributed by atoms with E-state index in [4.69, 9.17) is 4.74 Å². The molecule has 0 spiro atoms. The van der Waals surface area contributed by atoms with Crippen molar-refractivity contribution in [1.29, 1.82) is 0 Å². The summed E-state index contributed by atoms with van der Waals surface area (Å²) in [6, 6.07) is 12.2. The van der Waals surface area contributed by atoms with Gasteiger partial charge in [0.2, 0.25) is 5.91 Å². The molecule has 9 heteroatoms. The van der Waals surface area contributed by atoms with Crippen LogP contribution in [0.5, 0.6) is 5.75 Å². The summed E-state index contributed by atoms with van der Waals surface area (Å²) >= 11 is 3.05. The Kier molecular flexibility index (Phi) is 8.36. The van der Waals surface area contributed by atoms with Gasteiger partial charge in [0.15, 0.2) is 5.16 Å². The first-order valence-electron chi connectivity index (χ1n) is 9.81. The van der Waals surface area contributed by atoms with Gasteiger partial charge in [0.05, 0.1) is 24.3 Å². The van der Waals surface area contributed by atoms with Gasteiger partial charge in [0, 0.05) is 12.3 Å². The van der Waals surface area contributed by atoms with Crippen molar-refractivity contribution in [2.75, 3.05) is 18.2 Å². The number of rotatable bonds is 10. The van der Waals surface area contributed by atoms with Crippen molar-refractivity contribution in [1.82, 2.24) is 14.8 Å². The van der Waals surface area contributed by atoms with E-state index in [-0.39, 0.29) is 17.5 Å². The summed E-state index contributed by atoms with van der Waals surface area (Å²) in [5, 5.41) is 12.2. The summed E-state index contributed by atoms with van der Waals surface area (Å²) in [5.74, 6) is 2.79. The van der Waals surface area contributed by atoms with Crippen molar-refractivity contribution in [3.05, 3.63) is 65.2 Å². The van der Waals surface area contributed by atoms with Crippen molar-refractivity contribution >= 4 is 35.1 Å². The van der Waals surface area contributed by atoms with E-state index in [0.717, 1.165) is 29.2 Å². The number of aryl methyl sites for hydroxylation is 1. The molecule has 0 aliphatic rings. The quantitative estimate of drug-likeness (QED) is 0.433. The molecule has 1 heterocycles. The Labute approximate surface area is 190 Å². The Morgan fingerprint density at radius 1 is 1.16 bits per heavy atom. The van der Waals surface area contributed by atoms with Crippen LogP contribution in [0.3, 0.4) is 0 Å². The average molecular weight is 461 g/mol. The molecule has 6 nitrogen and oxygen atoms in total. The fourth-order valence-corrected chi connectivity index (χ4v) is 4.67. The molecule has 3 aromatic rings. The van der Waals surface area contributed by atoms with Crippen LogP contribution in [0.25, 0.3) is 0 Å². The highest BCUT2D eigenvalue weighted by Crippen LogP contribution is 2.26. The minimum absolute atomic E-state index is 0.133. The van der Waals surface area contributed by atoms with Gasteiger partial charge in [-0.3, -0.25) is 4.79 Å². The van der Waals surface area contributed by atoms with E-state index < -0.39 is 0 Å². The van der Waals surface area contributed by atoms with Gasteiger partial charge in [0.25, 0.3) is 0 Å². The van der Waals surface area contributed by atoms with Gasteiger partial charge >= 0.3 is 0 Å². The van der Waals surface area contributed by atoms with Crippen LogP contribution < -0.4 is 10.1 Å². The van der Waals surface area contributed by atoms with Crippen LogP contribution in [-0.4, -0.2) is 33.5 Å². The van der Waals surface area contributed by atoms with Crippen LogP contribution in [-0.2, 0) is 22.8 Å². The van der Waals surface area contributed by atoms with Crippen molar-refractivity contribution < 1.29 is 13.9 Å². The molecule has 3 rings (SSSR count). The molecule has 0 unspecified atom stereocenters. The van der Waals surface area contributed by atoms with Crippen LogP contribution in [0.1, 0.15) is 23.9 Å². The fourth-order valence-electron chi connectivity index (χ4n) is 2.93. The third kappa shape index (κ3) is 6.48. The number of nitrogens with zero attached hydrogens (tertiary/aromatic N) is 3. The Morgan fingerprint density at radius 3 is 2.65 bits per heavy atom. The number of thioether (sulfide) groups is 2. The zero-order valence-corrected chi connectivity index (χ0v) is 19.4. The zero-order valence-electron chi connectivity index (χ0n) is 17.7. The summed E-state index contributed by atoms with van der Waals surface area (Å²) in [6.45, 7) is 4.71. The highest BCUT2D eigenvalue weighted by atomic mass is 32.2. The first-order valence-corrected chi connectivity index (χ1v) is 12.0. The average Bonchev–Trinajstić information content (AvgIpc) is 3.15. The molecule has 2 aromatic carbocycles. The number of carbonyl (C=O) groups is 1. The molecule has 0 aliphatic carbocycles. The Balaban J connectivity index is 1.54. The molecule has 31 heavy (non-hydrogen) atoms. The largest absolute Gasteiger partial charge is 0.495 e. The lowest BCUT2D eigenvalue weighted by molar-refractivity contribution is -0.113. The minimum Gasteiger partial charge on any atom is -0.495 e. The van der Waals surface area contributed by atoms with Crippen LogP contribution in [0.2, 0.25) is 0 Å². The predicted molar refractivity (Wildman–Crippen MR) is 124 cm³/mol. The molecule has 0 saturated heterocycles. The number of nitrogens with one attached hydrogen (secondary N) is 1. The van der Waals surface area contributed by atoms with Gasteiger partial charge in [-0.05, 0) is 49.2 Å². The second-order valence-electron chi connectivity index (χ2n) is 6.80. The van der Waals surface area contributed by atoms with E-state index in [1.165, 1.54) is 23.9 Å². The van der Waals surface area contributed by atoms with Gasteiger partial charge in [-0.15, -0.1) is 22.0 Å². The SMILES string of the molecule is CCn1c(CSCc2ccc(F)cc2)nnc1SCC(=O)Nc1cc(C)ccc1OC. The van der Waals surface area contributed by atoms with Gasteiger partial charge in [-0.2, -0.15) is 0 Å². The van der Waals surface area contributed by atoms with Gasteiger partial charge in [-0.25, -0.2) is 4.39 Å². The normalized spacial score (nSPS) is 10.8. The van der Waals surface area contributed by atoms with Crippen LogP contribution in [0.4, 0.5) is 10.1 Å². The molecule has 1 amide bonds. The maximum Gasteiger partial charge on any atom is 0.234 e. The predicted octanol–water partition coefficient (Wildman–Crippen LogP) is 4.92. The first kappa shape index (κ1) is 23.1. The third-order valence-electron chi connectivity index (χ3n) is 4.48. The first-order chi connectivity index (χ1) is 15.0. The van der Waals surface area contributed by atoms with E-state index in [1.54, 1.807) is 31.0 Å². The van der Waals surface area contributed by atoms with E-state index in [2.05, 4.69) is 15.5 Å². The fraction of sp³-hybridized carbons (Fsp3) is 0.318. The number of aromatic nitrogens is 3. The molecule has 0 radical (unpaired) electrons. The molecular formula is C22H25FN4O2S2. The van der Waals surface area contributed by atoms with E-state index in [9.17, 15) is 9.18 Å². The lowest BCUT2D eigenvalue weighted by atomic mass is 10.2. The topological polar surface area (TPSA) is 69.0 Å². The monoisotopic (exact) mass is 460 g/mol. The van der Waals surface area contributed by atoms with E-state index in [0.29, 0.717) is 22.3 Å². The molecule has 0 atom stereocenters. The summed E-state index contributed by atoms with van der Waals surface area (Å²) < 4.78 is 20.3. The molecule has 0 bridgehead atoms. The van der Waals surface area contributed by atoms with Gasteiger partial charge in [0.1, 0.15) is 17.4 Å². The summed E-state index contributed by atoms with van der Waals surface area (Å²) in [6.07, 6.45) is 0. The standard InChI is InChI=1S/C22H25FN4O2S2/c1-4-27-20(13-30-12-16-6-8-17(23)9-7-16)25-26-22(27)31-14-21(28)24-18-11-15(2)5-10-19(18)29-3/h5-11H,4,12-14H2,1-3H3,(H,24,28). The maximum absolute atomic E-state index is 13.0. The molecule has 164 valence electrons. The number of ether oxygens (including phenoxy) is 1. The number of halogens is 1. The zero-order chi connectivity index (χ0) is 22.2. The molecule has 0 fully saturated rings. The lowest BCUT2D eigenvalue weighted by Crippen LogP contribution is -2.15. The van der Waals surface area contributed by atoms with Crippen molar-refractivity contribution in [2.24, 2.45) is 0 Å². The van der Waals surface area contributed by atoms with Crippen molar-refractivity contribution in [2.45, 2.75) is 37.1 Å². The van der Waals surface area contributed by atoms with Crippen molar-refractivity contribution in [3.8, 4) is 5.75 Å². The number of methoxy groups -OCH3 is 1. The second-order valence-corrected chi connectivity index (χ2v) is 8.73. The van der Waals surface area contributed by atoms with Crippen molar-refractivity contribution in [3.63, 3.8) is 0 Å². The Bertz CT molecular complexity index is 1020. The van der Waals surface area contributed by atoms with Gasteiger partial charge < -0.3 is 14.6 Å². The van der Waals surface area contributed by atoms with E-state index in [1.807, 2.05) is 36.6 Å². The van der Waals surface area contributed by atoms with E-state index >= 15 is 0 Å².